The molecule has 5 nitrogen and oxygen atoms in total. The van der Waals surface area contributed by atoms with Crippen molar-refractivity contribution in [1.29, 1.82) is 0 Å². The maximum atomic E-state index is 11.8. The molecule has 0 saturated carbocycles. The van der Waals surface area contributed by atoms with Gasteiger partial charge in [0.25, 0.3) is 5.91 Å². The first kappa shape index (κ1) is 15.1. The Bertz CT molecular complexity index is 475. The first-order valence-electron chi connectivity index (χ1n) is 6.33. The van der Waals surface area contributed by atoms with Gasteiger partial charge in [-0.1, -0.05) is 12.2 Å². The molecule has 0 unspecified atom stereocenters. The Balaban J connectivity index is 2.30. The number of carbonyl (C=O) groups is 2. The van der Waals surface area contributed by atoms with Crippen molar-refractivity contribution in [2.45, 2.75) is 39.5 Å². The minimum Gasteiger partial charge on any atom is -0.469 e. The summed E-state index contributed by atoms with van der Waals surface area (Å²) in [5, 5.41) is 4.13. The Morgan fingerprint density at radius 2 is 2.11 bits per heavy atom. The number of rotatable bonds is 6. The van der Waals surface area contributed by atoms with Crippen molar-refractivity contribution in [1.82, 2.24) is 9.78 Å². The molecular formula is C14H20N2O3. The smallest absolute Gasteiger partial charge is 0.305 e. The largest absolute Gasteiger partial charge is 0.469 e. The van der Waals surface area contributed by atoms with Gasteiger partial charge in [-0.15, -0.1) is 0 Å². The Hall–Kier alpha value is -1.91. The van der Waals surface area contributed by atoms with E-state index >= 15 is 0 Å². The molecule has 0 radical (unpaired) electrons. The number of hydrogen-bond donors (Lipinski definition) is 0. The van der Waals surface area contributed by atoms with Gasteiger partial charge in [-0.05, 0) is 32.8 Å². The van der Waals surface area contributed by atoms with Gasteiger partial charge in [0.15, 0.2) is 0 Å². The van der Waals surface area contributed by atoms with Gasteiger partial charge in [0.2, 0.25) is 0 Å². The summed E-state index contributed by atoms with van der Waals surface area (Å²) in [6, 6.07) is 1.87. The van der Waals surface area contributed by atoms with Gasteiger partial charge in [0.1, 0.15) is 0 Å². The Kier molecular flexibility index (Phi) is 5.99. The quantitative estimate of drug-likeness (QED) is 0.450. The van der Waals surface area contributed by atoms with Crippen LogP contribution in [0.15, 0.2) is 18.2 Å². The number of nitrogens with zero attached hydrogens (tertiary/aromatic N) is 2. The summed E-state index contributed by atoms with van der Waals surface area (Å²) in [4.78, 5) is 22.7. The van der Waals surface area contributed by atoms with Gasteiger partial charge < -0.3 is 4.74 Å². The molecule has 5 heteroatoms. The van der Waals surface area contributed by atoms with Crippen LogP contribution in [0.25, 0.3) is 0 Å². The summed E-state index contributed by atoms with van der Waals surface area (Å²) in [6.07, 6.45) is 5.95. The fraction of sp³-hybridized carbons (Fsp3) is 0.500. The van der Waals surface area contributed by atoms with Crippen molar-refractivity contribution >= 4 is 11.9 Å². The number of ether oxygens (including phenoxy) is 1. The number of aryl methyl sites for hydroxylation is 2. The number of hydrogen-bond acceptors (Lipinski definition) is 4. The van der Waals surface area contributed by atoms with Gasteiger partial charge in [0.05, 0.1) is 12.8 Å². The van der Waals surface area contributed by atoms with Crippen molar-refractivity contribution in [2.75, 3.05) is 7.11 Å². The average molecular weight is 264 g/mol. The van der Waals surface area contributed by atoms with E-state index < -0.39 is 0 Å². The predicted octanol–water partition coefficient (Wildman–Crippen LogP) is 2.43. The van der Waals surface area contributed by atoms with E-state index in [-0.39, 0.29) is 11.9 Å². The van der Waals surface area contributed by atoms with E-state index in [2.05, 4.69) is 9.84 Å². The number of aromatic nitrogens is 2. The zero-order chi connectivity index (χ0) is 14.3. The fourth-order valence-corrected chi connectivity index (χ4v) is 1.74. The zero-order valence-electron chi connectivity index (χ0n) is 11.7. The highest BCUT2D eigenvalue weighted by atomic mass is 16.5. The van der Waals surface area contributed by atoms with Crippen LogP contribution in [0.3, 0.4) is 0 Å². The summed E-state index contributed by atoms with van der Waals surface area (Å²) >= 11 is 0. The van der Waals surface area contributed by atoms with Crippen LogP contribution in [-0.4, -0.2) is 28.8 Å². The molecule has 1 aromatic heterocycles. The highest BCUT2D eigenvalue weighted by Gasteiger charge is 2.07. The molecule has 0 aromatic carbocycles. The molecule has 0 saturated heterocycles. The van der Waals surface area contributed by atoms with Crippen molar-refractivity contribution < 1.29 is 14.3 Å². The zero-order valence-corrected chi connectivity index (χ0v) is 11.7. The lowest BCUT2D eigenvalue weighted by Gasteiger charge is -1.99. The van der Waals surface area contributed by atoms with E-state index in [0.29, 0.717) is 12.8 Å². The number of carbonyl (C=O) groups excluding carboxylic acids is 2. The second-order valence-corrected chi connectivity index (χ2v) is 4.38. The second kappa shape index (κ2) is 7.51. The average Bonchev–Trinajstić information content (AvgIpc) is 2.72. The topological polar surface area (TPSA) is 61.2 Å². The molecule has 19 heavy (non-hydrogen) atoms. The van der Waals surface area contributed by atoms with Gasteiger partial charge in [-0.2, -0.15) is 5.10 Å². The summed E-state index contributed by atoms with van der Waals surface area (Å²) in [5.74, 6) is -0.248. The van der Waals surface area contributed by atoms with Crippen molar-refractivity contribution in [3.05, 3.63) is 29.6 Å². The van der Waals surface area contributed by atoms with E-state index in [9.17, 15) is 9.59 Å². The summed E-state index contributed by atoms with van der Waals surface area (Å²) < 4.78 is 5.96. The lowest BCUT2D eigenvalue weighted by atomic mass is 10.2. The summed E-state index contributed by atoms with van der Waals surface area (Å²) in [5.41, 5.74) is 1.69. The van der Waals surface area contributed by atoms with Gasteiger partial charge in [0, 0.05) is 18.5 Å². The third-order valence-corrected chi connectivity index (χ3v) is 2.68. The predicted molar refractivity (Wildman–Crippen MR) is 72.0 cm³/mol. The number of methoxy groups -OCH3 is 1. The highest BCUT2D eigenvalue weighted by Crippen LogP contribution is 2.04. The SMILES string of the molecule is COC(=O)CCC/C=C/CC(=O)n1nc(C)cc1C. The van der Waals surface area contributed by atoms with Crippen LogP contribution >= 0.6 is 0 Å². The van der Waals surface area contributed by atoms with Gasteiger partial charge >= 0.3 is 5.97 Å². The maximum Gasteiger partial charge on any atom is 0.305 e. The summed E-state index contributed by atoms with van der Waals surface area (Å²) in [6.45, 7) is 3.72. The molecule has 0 N–H and O–H groups in total. The molecule has 104 valence electrons. The lowest BCUT2D eigenvalue weighted by Crippen LogP contribution is -2.12. The molecule has 1 aromatic rings. The minimum atomic E-state index is -0.202. The molecule has 1 rings (SSSR count). The molecule has 1 heterocycles. The first-order chi connectivity index (χ1) is 9.04. The summed E-state index contributed by atoms with van der Waals surface area (Å²) in [7, 11) is 1.38. The molecule has 0 fully saturated rings. The van der Waals surface area contributed by atoms with Crippen LogP contribution < -0.4 is 0 Å². The molecule has 0 atom stereocenters. The van der Waals surface area contributed by atoms with Crippen molar-refractivity contribution in [3.63, 3.8) is 0 Å². The standard InChI is InChI=1S/C14H20N2O3/c1-11-10-12(2)16(15-11)13(17)8-6-4-5-7-9-14(18)19-3/h4,6,10H,5,7-9H2,1-3H3/b6-4+. The number of esters is 1. The van der Waals surface area contributed by atoms with Crippen molar-refractivity contribution in [2.24, 2.45) is 0 Å². The molecule has 0 aliphatic carbocycles. The van der Waals surface area contributed by atoms with E-state index in [1.165, 1.54) is 11.8 Å². The minimum absolute atomic E-state index is 0.0465. The molecular weight excluding hydrogens is 244 g/mol. The van der Waals surface area contributed by atoms with E-state index in [4.69, 9.17) is 0 Å². The molecule has 0 aliphatic heterocycles. The van der Waals surface area contributed by atoms with Crippen LogP contribution in [0, 0.1) is 13.8 Å². The Morgan fingerprint density at radius 3 is 2.68 bits per heavy atom. The lowest BCUT2D eigenvalue weighted by molar-refractivity contribution is -0.140. The van der Waals surface area contributed by atoms with Crippen LogP contribution in [-0.2, 0) is 9.53 Å². The molecule has 0 spiro atoms. The third-order valence-electron chi connectivity index (χ3n) is 2.68. The van der Waals surface area contributed by atoms with Crippen LogP contribution in [0.5, 0.6) is 0 Å². The number of allylic oxidation sites excluding steroid dienone is 2. The van der Waals surface area contributed by atoms with Crippen LogP contribution in [0.1, 0.15) is 41.9 Å². The normalized spacial score (nSPS) is 10.9. The molecule has 0 bridgehead atoms. The van der Waals surface area contributed by atoms with E-state index in [0.717, 1.165) is 24.2 Å². The van der Waals surface area contributed by atoms with Gasteiger partial charge in [-0.25, -0.2) is 4.68 Å². The monoisotopic (exact) mass is 264 g/mol. The number of unbranched alkanes of at least 4 members (excludes halogenated alkanes) is 1. The molecule has 0 amide bonds. The van der Waals surface area contributed by atoms with Gasteiger partial charge in [-0.3, -0.25) is 9.59 Å². The molecule has 0 aliphatic rings. The highest BCUT2D eigenvalue weighted by molar-refractivity contribution is 5.80. The maximum absolute atomic E-state index is 11.8. The third kappa shape index (κ3) is 5.07. The fourth-order valence-electron chi connectivity index (χ4n) is 1.74. The van der Waals surface area contributed by atoms with Crippen LogP contribution in [0.4, 0.5) is 0 Å². The Morgan fingerprint density at radius 1 is 1.37 bits per heavy atom. The first-order valence-corrected chi connectivity index (χ1v) is 6.33. The second-order valence-electron chi connectivity index (χ2n) is 4.38. The van der Waals surface area contributed by atoms with Crippen LogP contribution in [0.2, 0.25) is 0 Å². The van der Waals surface area contributed by atoms with E-state index in [1.807, 2.05) is 32.1 Å². The van der Waals surface area contributed by atoms with E-state index in [1.54, 1.807) is 0 Å². The van der Waals surface area contributed by atoms with Crippen molar-refractivity contribution in [3.8, 4) is 0 Å². The Labute approximate surface area is 113 Å².